The number of hydrogen-bond acceptors (Lipinski definition) is 3. The summed E-state index contributed by atoms with van der Waals surface area (Å²) in [5.74, 6) is 0.418. The Labute approximate surface area is 108 Å². The van der Waals surface area contributed by atoms with E-state index in [1.54, 1.807) is 20.9 Å². The number of nitrogens with zero attached hydrogens (tertiary/aromatic N) is 1. The van der Waals surface area contributed by atoms with Crippen LogP contribution >= 0.6 is 12.2 Å². The molecule has 5 heteroatoms. The molecule has 0 saturated heterocycles. The van der Waals surface area contributed by atoms with E-state index in [0.29, 0.717) is 5.92 Å². The number of likely N-dealkylation sites (N-methyl/N-ethyl adjacent to an activating group) is 1. The summed E-state index contributed by atoms with van der Waals surface area (Å²) in [6.07, 6.45) is 1.44. The van der Waals surface area contributed by atoms with E-state index in [9.17, 15) is 9.90 Å². The van der Waals surface area contributed by atoms with Crippen molar-refractivity contribution < 1.29 is 9.90 Å². The van der Waals surface area contributed by atoms with Crippen molar-refractivity contribution >= 4 is 23.1 Å². The Bertz CT molecular complexity index is 330. The van der Waals surface area contributed by atoms with Gasteiger partial charge in [-0.3, -0.25) is 4.79 Å². The molecule has 1 rings (SSSR count). The lowest BCUT2D eigenvalue weighted by Gasteiger charge is -2.46. The number of carbonyl (C=O) groups excluding carboxylic acids is 1. The zero-order chi connectivity index (χ0) is 13.4. The van der Waals surface area contributed by atoms with Crippen molar-refractivity contribution in [1.82, 2.24) is 4.90 Å². The minimum absolute atomic E-state index is 0.0646. The molecule has 1 saturated carbocycles. The fourth-order valence-corrected chi connectivity index (χ4v) is 2.88. The molecule has 0 heterocycles. The molecule has 0 unspecified atom stereocenters. The standard InChI is InChI=1S/C12H22N2O2S/c1-8-5-12(6-8,9(13)17)10(15)14(4)7-11(2,3)16/h8,16H,5-7H2,1-4H3,(H2,13,17). The smallest absolute Gasteiger partial charge is 0.235 e. The van der Waals surface area contributed by atoms with Gasteiger partial charge in [-0.1, -0.05) is 19.1 Å². The molecule has 0 bridgehead atoms. The third kappa shape index (κ3) is 2.96. The van der Waals surface area contributed by atoms with Gasteiger partial charge < -0.3 is 15.7 Å². The molecule has 0 aromatic carbocycles. The molecular formula is C12H22N2O2S. The van der Waals surface area contributed by atoms with E-state index in [2.05, 4.69) is 6.92 Å². The molecule has 1 amide bonds. The van der Waals surface area contributed by atoms with Crippen molar-refractivity contribution in [2.75, 3.05) is 13.6 Å². The minimum atomic E-state index is -0.906. The van der Waals surface area contributed by atoms with E-state index in [0.717, 1.165) is 12.8 Å². The summed E-state index contributed by atoms with van der Waals surface area (Å²) in [5.41, 5.74) is 4.14. The molecular weight excluding hydrogens is 236 g/mol. The fourth-order valence-electron chi connectivity index (χ4n) is 2.63. The largest absolute Gasteiger partial charge is 0.392 e. The molecule has 98 valence electrons. The van der Waals surface area contributed by atoms with Gasteiger partial charge in [0.1, 0.15) is 0 Å². The van der Waals surface area contributed by atoms with Crippen molar-refractivity contribution in [1.29, 1.82) is 0 Å². The summed E-state index contributed by atoms with van der Waals surface area (Å²) in [5, 5.41) is 9.73. The van der Waals surface area contributed by atoms with Gasteiger partial charge in [0.15, 0.2) is 0 Å². The summed E-state index contributed by atoms with van der Waals surface area (Å²) in [4.78, 5) is 14.2. The zero-order valence-electron chi connectivity index (χ0n) is 11.0. The molecule has 4 nitrogen and oxygen atoms in total. The van der Waals surface area contributed by atoms with Gasteiger partial charge in [0, 0.05) is 13.6 Å². The lowest BCUT2D eigenvalue weighted by Crippen LogP contribution is -2.57. The van der Waals surface area contributed by atoms with E-state index < -0.39 is 11.0 Å². The Morgan fingerprint density at radius 3 is 2.35 bits per heavy atom. The van der Waals surface area contributed by atoms with E-state index in [-0.39, 0.29) is 17.4 Å². The minimum Gasteiger partial charge on any atom is -0.392 e. The molecule has 1 aliphatic carbocycles. The summed E-state index contributed by atoms with van der Waals surface area (Å²) in [7, 11) is 1.68. The first-order valence-corrected chi connectivity index (χ1v) is 6.27. The third-order valence-corrected chi connectivity index (χ3v) is 3.64. The third-order valence-electron chi connectivity index (χ3n) is 3.25. The Kier molecular flexibility index (Phi) is 3.84. The maximum Gasteiger partial charge on any atom is 0.235 e. The Morgan fingerprint density at radius 2 is 2.06 bits per heavy atom. The Hall–Kier alpha value is -0.680. The van der Waals surface area contributed by atoms with Gasteiger partial charge in [0.25, 0.3) is 0 Å². The van der Waals surface area contributed by atoms with E-state index in [1.807, 2.05) is 0 Å². The molecule has 0 spiro atoms. The second-order valence-corrected chi connectivity index (χ2v) is 6.37. The van der Waals surface area contributed by atoms with Gasteiger partial charge in [-0.2, -0.15) is 0 Å². The first-order valence-electron chi connectivity index (χ1n) is 5.86. The summed E-state index contributed by atoms with van der Waals surface area (Å²) >= 11 is 5.04. The lowest BCUT2D eigenvalue weighted by atomic mass is 9.61. The number of rotatable bonds is 4. The van der Waals surface area contributed by atoms with Crippen LogP contribution in [0, 0.1) is 11.3 Å². The van der Waals surface area contributed by atoms with Crippen molar-refractivity contribution in [2.45, 2.75) is 39.2 Å². The van der Waals surface area contributed by atoms with Crippen LogP contribution in [0.2, 0.25) is 0 Å². The molecule has 0 aromatic heterocycles. The van der Waals surface area contributed by atoms with Crippen molar-refractivity contribution in [2.24, 2.45) is 17.1 Å². The predicted molar refractivity (Wildman–Crippen MR) is 71.6 cm³/mol. The van der Waals surface area contributed by atoms with E-state index in [1.165, 1.54) is 4.90 Å². The van der Waals surface area contributed by atoms with Gasteiger partial charge in [0.05, 0.1) is 16.0 Å². The van der Waals surface area contributed by atoms with Crippen LogP contribution in [0.25, 0.3) is 0 Å². The van der Waals surface area contributed by atoms with Crippen LogP contribution in [-0.4, -0.2) is 40.1 Å². The summed E-state index contributed by atoms with van der Waals surface area (Å²) < 4.78 is 0. The zero-order valence-corrected chi connectivity index (χ0v) is 11.8. The van der Waals surface area contributed by atoms with Gasteiger partial charge in [-0.15, -0.1) is 0 Å². The Morgan fingerprint density at radius 1 is 1.59 bits per heavy atom. The fraction of sp³-hybridized carbons (Fsp3) is 0.833. The lowest BCUT2D eigenvalue weighted by molar-refractivity contribution is -0.145. The van der Waals surface area contributed by atoms with Crippen LogP contribution in [0.5, 0.6) is 0 Å². The highest BCUT2D eigenvalue weighted by molar-refractivity contribution is 7.80. The predicted octanol–water partition coefficient (Wildman–Crippen LogP) is 0.918. The molecule has 0 atom stereocenters. The second kappa shape index (κ2) is 4.53. The summed E-state index contributed by atoms with van der Waals surface area (Å²) in [6, 6.07) is 0. The molecule has 1 fully saturated rings. The first-order chi connectivity index (χ1) is 7.58. The SMILES string of the molecule is CC1CC(C(=O)N(C)CC(C)(C)O)(C(N)=S)C1. The van der Waals surface area contributed by atoms with Crippen molar-refractivity contribution in [3.8, 4) is 0 Å². The van der Waals surface area contributed by atoms with Crippen molar-refractivity contribution in [3.05, 3.63) is 0 Å². The average Bonchev–Trinajstić information content (AvgIpc) is 2.07. The molecule has 0 aromatic rings. The topological polar surface area (TPSA) is 66.6 Å². The normalized spacial score (nSPS) is 28.4. The number of aliphatic hydroxyl groups is 1. The number of nitrogens with two attached hydrogens (primary N) is 1. The van der Waals surface area contributed by atoms with Crippen LogP contribution in [0.3, 0.4) is 0 Å². The van der Waals surface area contributed by atoms with E-state index >= 15 is 0 Å². The highest BCUT2D eigenvalue weighted by Gasteiger charge is 2.52. The summed E-state index contributed by atoms with van der Waals surface area (Å²) in [6.45, 7) is 5.71. The molecule has 0 radical (unpaired) electrons. The molecule has 1 aliphatic rings. The number of hydrogen-bond donors (Lipinski definition) is 2. The second-order valence-electron chi connectivity index (χ2n) is 5.93. The van der Waals surface area contributed by atoms with E-state index in [4.69, 9.17) is 18.0 Å². The van der Waals surface area contributed by atoms with Crippen LogP contribution in [0.1, 0.15) is 33.6 Å². The van der Waals surface area contributed by atoms with Crippen molar-refractivity contribution in [3.63, 3.8) is 0 Å². The van der Waals surface area contributed by atoms with Gasteiger partial charge >= 0.3 is 0 Å². The average molecular weight is 258 g/mol. The first kappa shape index (κ1) is 14.4. The molecule has 3 N–H and O–H groups in total. The molecule has 17 heavy (non-hydrogen) atoms. The van der Waals surface area contributed by atoms with Crippen LogP contribution < -0.4 is 5.73 Å². The highest BCUT2D eigenvalue weighted by Crippen LogP contribution is 2.47. The number of thiocarbonyl (C=S) groups is 1. The monoisotopic (exact) mass is 258 g/mol. The highest BCUT2D eigenvalue weighted by atomic mass is 32.1. The Balaban J connectivity index is 2.77. The quantitative estimate of drug-likeness (QED) is 0.736. The number of carbonyl (C=O) groups is 1. The van der Waals surface area contributed by atoms with Gasteiger partial charge in [-0.05, 0) is 32.6 Å². The maximum absolute atomic E-state index is 12.4. The van der Waals surface area contributed by atoms with Crippen LogP contribution in [0.4, 0.5) is 0 Å². The van der Waals surface area contributed by atoms with Crippen LogP contribution in [-0.2, 0) is 4.79 Å². The van der Waals surface area contributed by atoms with Gasteiger partial charge in [-0.25, -0.2) is 0 Å². The maximum atomic E-state index is 12.4. The molecule has 0 aliphatic heterocycles. The number of amides is 1. The van der Waals surface area contributed by atoms with Crippen LogP contribution in [0.15, 0.2) is 0 Å². The van der Waals surface area contributed by atoms with Gasteiger partial charge in [0.2, 0.25) is 5.91 Å².